The number of nitrogens with zero attached hydrogens (tertiary/aromatic N) is 1. The van der Waals surface area contributed by atoms with E-state index in [4.69, 9.17) is 0 Å². The molecular formula is C16H20N2O3S. The van der Waals surface area contributed by atoms with Crippen molar-refractivity contribution in [1.29, 1.82) is 0 Å². The van der Waals surface area contributed by atoms with Crippen LogP contribution in [-0.4, -0.2) is 25.1 Å². The van der Waals surface area contributed by atoms with Gasteiger partial charge in [-0.25, -0.2) is 8.42 Å². The minimum atomic E-state index is -3.35. The van der Waals surface area contributed by atoms with E-state index in [9.17, 15) is 13.2 Å². The molecule has 2 aromatic rings. The molecule has 0 unspecified atom stereocenters. The first-order valence-electron chi connectivity index (χ1n) is 7.03. The van der Waals surface area contributed by atoms with Crippen LogP contribution in [0, 0.1) is 0 Å². The molecule has 0 radical (unpaired) electrons. The molecule has 118 valence electrons. The average molecular weight is 320 g/mol. The van der Waals surface area contributed by atoms with Gasteiger partial charge in [0.2, 0.25) is 0 Å². The Labute approximate surface area is 130 Å². The summed E-state index contributed by atoms with van der Waals surface area (Å²) < 4.78 is 25.6. The Balaban J connectivity index is 2.19. The molecule has 0 fully saturated rings. The van der Waals surface area contributed by atoms with E-state index in [0.29, 0.717) is 18.5 Å². The molecule has 0 spiro atoms. The van der Waals surface area contributed by atoms with Crippen molar-refractivity contribution in [2.24, 2.45) is 7.05 Å². The van der Waals surface area contributed by atoms with Gasteiger partial charge in [0.1, 0.15) is 0 Å². The molecule has 6 heteroatoms. The summed E-state index contributed by atoms with van der Waals surface area (Å²) in [6.07, 6.45) is 5.59. The number of benzene rings is 1. The van der Waals surface area contributed by atoms with Gasteiger partial charge >= 0.3 is 0 Å². The molecule has 0 saturated heterocycles. The molecule has 1 aromatic heterocycles. The van der Waals surface area contributed by atoms with Crippen LogP contribution in [0.4, 0.5) is 0 Å². The van der Waals surface area contributed by atoms with Crippen molar-refractivity contribution in [3.8, 4) is 0 Å². The number of nitrogens with one attached hydrogen (secondary N) is 1. The third-order valence-corrected chi connectivity index (χ3v) is 4.63. The summed E-state index contributed by atoms with van der Waals surface area (Å²) in [5, 5.41) is 2.80. The van der Waals surface area contributed by atoms with Crippen molar-refractivity contribution in [2.75, 3.05) is 6.26 Å². The summed E-state index contributed by atoms with van der Waals surface area (Å²) in [6, 6.07) is 6.73. The average Bonchev–Trinajstić information content (AvgIpc) is 2.88. The second-order valence-electron chi connectivity index (χ2n) is 5.32. The first-order chi connectivity index (χ1) is 10.3. The molecule has 0 saturated carbocycles. The van der Waals surface area contributed by atoms with Crippen LogP contribution in [0.25, 0.3) is 0 Å². The molecule has 22 heavy (non-hydrogen) atoms. The Kier molecular flexibility index (Phi) is 4.71. The SMILES string of the molecule is CCc1ccc(C(=O)NCc2ccn(C)c2)cc1S(C)(=O)=O. The van der Waals surface area contributed by atoms with Crippen molar-refractivity contribution < 1.29 is 13.2 Å². The maximum atomic E-state index is 12.2. The fourth-order valence-corrected chi connectivity index (χ4v) is 3.31. The van der Waals surface area contributed by atoms with Gasteiger partial charge in [-0.15, -0.1) is 0 Å². The Hall–Kier alpha value is -2.08. The first kappa shape index (κ1) is 16.3. The highest BCUT2D eigenvalue weighted by Crippen LogP contribution is 2.18. The Morgan fingerprint density at radius 2 is 2.00 bits per heavy atom. The largest absolute Gasteiger partial charge is 0.357 e. The maximum absolute atomic E-state index is 12.2. The number of sulfone groups is 1. The number of carbonyl (C=O) groups excluding carboxylic acids is 1. The highest BCUT2D eigenvalue weighted by atomic mass is 32.2. The number of amides is 1. The molecule has 1 amide bonds. The predicted molar refractivity (Wildman–Crippen MR) is 85.5 cm³/mol. The molecule has 0 aliphatic rings. The van der Waals surface area contributed by atoms with E-state index >= 15 is 0 Å². The van der Waals surface area contributed by atoms with Gasteiger partial charge in [0.15, 0.2) is 9.84 Å². The van der Waals surface area contributed by atoms with E-state index in [2.05, 4.69) is 5.32 Å². The summed E-state index contributed by atoms with van der Waals surface area (Å²) in [5.74, 6) is -0.281. The van der Waals surface area contributed by atoms with E-state index < -0.39 is 9.84 Å². The highest BCUT2D eigenvalue weighted by Gasteiger charge is 2.15. The van der Waals surface area contributed by atoms with Crippen molar-refractivity contribution in [1.82, 2.24) is 9.88 Å². The Bertz CT molecular complexity index is 791. The zero-order chi connectivity index (χ0) is 16.3. The minimum Gasteiger partial charge on any atom is -0.357 e. The zero-order valence-corrected chi connectivity index (χ0v) is 13.8. The lowest BCUT2D eigenvalue weighted by molar-refractivity contribution is 0.0950. The Morgan fingerprint density at radius 1 is 1.27 bits per heavy atom. The van der Waals surface area contributed by atoms with Gasteiger partial charge in [0.05, 0.1) is 4.90 Å². The van der Waals surface area contributed by atoms with Crippen LogP contribution in [0.2, 0.25) is 0 Å². The summed E-state index contributed by atoms with van der Waals surface area (Å²) in [4.78, 5) is 12.4. The van der Waals surface area contributed by atoms with Crippen LogP contribution < -0.4 is 5.32 Å². The van der Waals surface area contributed by atoms with E-state index in [-0.39, 0.29) is 10.8 Å². The third kappa shape index (κ3) is 3.76. The number of aryl methyl sites for hydroxylation is 2. The van der Waals surface area contributed by atoms with E-state index in [1.54, 1.807) is 12.1 Å². The van der Waals surface area contributed by atoms with Crippen molar-refractivity contribution in [2.45, 2.75) is 24.8 Å². The second-order valence-corrected chi connectivity index (χ2v) is 7.30. The van der Waals surface area contributed by atoms with E-state index in [1.807, 2.05) is 37.0 Å². The van der Waals surface area contributed by atoms with E-state index in [0.717, 1.165) is 17.4 Å². The molecule has 5 nitrogen and oxygen atoms in total. The van der Waals surface area contributed by atoms with Crippen LogP contribution in [0.5, 0.6) is 0 Å². The molecule has 0 bridgehead atoms. The van der Waals surface area contributed by atoms with Crippen LogP contribution in [-0.2, 0) is 29.9 Å². The topological polar surface area (TPSA) is 68.2 Å². The van der Waals surface area contributed by atoms with Crippen LogP contribution in [0.1, 0.15) is 28.4 Å². The van der Waals surface area contributed by atoms with Crippen LogP contribution in [0.15, 0.2) is 41.6 Å². The van der Waals surface area contributed by atoms with Gasteiger partial charge in [0, 0.05) is 37.8 Å². The van der Waals surface area contributed by atoms with Gasteiger partial charge in [0.25, 0.3) is 5.91 Å². The minimum absolute atomic E-state index is 0.224. The van der Waals surface area contributed by atoms with Gasteiger partial charge in [-0.05, 0) is 35.7 Å². The molecule has 1 heterocycles. The monoisotopic (exact) mass is 320 g/mol. The van der Waals surface area contributed by atoms with E-state index in [1.165, 1.54) is 6.07 Å². The van der Waals surface area contributed by atoms with Gasteiger partial charge in [-0.3, -0.25) is 4.79 Å². The smallest absolute Gasteiger partial charge is 0.251 e. The lowest BCUT2D eigenvalue weighted by Crippen LogP contribution is -2.23. The molecule has 2 rings (SSSR count). The molecule has 1 N–H and O–H groups in total. The lowest BCUT2D eigenvalue weighted by atomic mass is 10.1. The van der Waals surface area contributed by atoms with Crippen molar-refractivity contribution >= 4 is 15.7 Å². The number of hydrogen-bond donors (Lipinski definition) is 1. The molecule has 0 atom stereocenters. The van der Waals surface area contributed by atoms with Crippen molar-refractivity contribution in [3.05, 3.63) is 53.3 Å². The Morgan fingerprint density at radius 3 is 2.55 bits per heavy atom. The summed E-state index contributed by atoms with van der Waals surface area (Å²) in [6.45, 7) is 2.29. The molecule has 0 aliphatic heterocycles. The second kappa shape index (κ2) is 6.36. The number of carbonyl (C=O) groups is 1. The molecule has 1 aromatic carbocycles. The standard InChI is InChI=1S/C16H20N2O3S/c1-4-13-5-6-14(9-15(13)22(3,20)21)16(19)17-10-12-7-8-18(2)11-12/h5-9,11H,4,10H2,1-3H3,(H,17,19). The fraction of sp³-hybridized carbons (Fsp3) is 0.312. The highest BCUT2D eigenvalue weighted by molar-refractivity contribution is 7.90. The first-order valence-corrected chi connectivity index (χ1v) is 8.92. The molecule has 0 aliphatic carbocycles. The summed E-state index contributed by atoms with van der Waals surface area (Å²) >= 11 is 0. The van der Waals surface area contributed by atoms with Crippen LogP contribution >= 0.6 is 0 Å². The number of aromatic nitrogens is 1. The number of rotatable bonds is 5. The van der Waals surface area contributed by atoms with Gasteiger partial charge in [-0.1, -0.05) is 13.0 Å². The van der Waals surface area contributed by atoms with Crippen molar-refractivity contribution in [3.63, 3.8) is 0 Å². The predicted octanol–water partition coefficient (Wildman–Crippen LogP) is 1.92. The number of hydrogen-bond acceptors (Lipinski definition) is 3. The zero-order valence-electron chi connectivity index (χ0n) is 13.0. The summed E-state index contributed by atoms with van der Waals surface area (Å²) in [5.41, 5.74) is 2.07. The normalized spacial score (nSPS) is 11.4. The fourth-order valence-electron chi connectivity index (χ4n) is 2.28. The lowest BCUT2D eigenvalue weighted by Gasteiger charge is -2.09. The maximum Gasteiger partial charge on any atom is 0.251 e. The van der Waals surface area contributed by atoms with Gasteiger partial charge < -0.3 is 9.88 Å². The quantitative estimate of drug-likeness (QED) is 0.915. The molecular weight excluding hydrogens is 300 g/mol. The van der Waals surface area contributed by atoms with Gasteiger partial charge in [-0.2, -0.15) is 0 Å². The van der Waals surface area contributed by atoms with Crippen LogP contribution in [0.3, 0.4) is 0 Å². The third-order valence-electron chi connectivity index (χ3n) is 3.46. The summed E-state index contributed by atoms with van der Waals surface area (Å²) in [7, 11) is -1.44.